The summed E-state index contributed by atoms with van der Waals surface area (Å²) in [6.45, 7) is 4.38. The van der Waals surface area contributed by atoms with E-state index in [0.717, 1.165) is 5.56 Å². The second-order valence-corrected chi connectivity index (χ2v) is 4.40. The number of carboxylic acid groups (broad SMARTS) is 1. The number of benzene rings is 1. The summed E-state index contributed by atoms with van der Waals surface area (Å²) >= 11 is 0. The molecule has 1 rings (SSSR count). The molecule has 0 saturated carbocycles. The quantitative estimate of drug-likeness (QED) is 0.807. The molecule has 0 unspecified atom stereocenters. The zero-order chi connectivity index (χ0) is 13.7. The van der Waals surface area contributed by atoms with E-state index < -0.39 is 5.97 Å². The van der Waals surface area contributed by atoms with Gasteiger partial charge < -0.3 is 14.9 Å². The molecule has 0 aliphatic rings. The van der Waals surface area contributed by atoms with Crippen LogP contribution in [0.25, 0.3) is 0 Å². The second-order valence-electron chi connectivity index (χ2n) is 4.40. The Morgan fingerprint density at radius 2 is 2.11 bits per heavy atom. The van der Waals surface area contributed by atoms with E-state index in [1.165, 1.54) is 7.11 Å². The normalized spacial score (nSPS) is 10.9. The first-order chi connectivity index (χ1) is 8.43. The number of rotatable bonds is 6. The highest BCUT2D eigenvalue weighted by Gasteiger charge is 2.14. The summed E-state index contributed by atoms with van der Waals surface area (Å²) in [5.74, 6) is -0.378. The summed E-state index contributed by atoms with van der Waals surface area (Å²) < 4.78 is 5.02. The molecule has 0 radical (unpaired) electrons. The number of hydrogen-bond donors (Lipinski definition) is 2. The van der Waals surface area contributed by atoms with Gasteiger partial charge in [0.2, 0.25) is 0 Å². The lowest BCUT2D eigenvalue weighted by molar-refractivity contribution is -0.138. The van der Waals surface area contributed by atoms with Crippen molar-refractivity contribution in [1.82, 2.24) is 4.90 Å². The molecular formula is C13H19NO4. The van der Waals surface area contributed by atoms with Crippen molar-refractivity contribution in [3.05, 3.63) is 23.8 Å². The summed E-state index contributed by atoms with van der Waals surface area (Å²) in [4.78, 5) is 12.6. The average molecular weight is 253 g/mol. The number of carboxylic acids is 1. The van der Waals surface area contributed by atoms with Crippen LogP contribution in [0, 0.1) is 0 Å². The van der Waals surface area contributed by atoms with E-state index >= 15 is 0 Å². The van der Waals surface area contributed by atoms with Gasteiger partial charge in [0.1, 0.15) is 0 Å². The summed E-state index contributed by atoms with van der Waals surface area (Å²) in [6.07, 6.45) is 0. The molecule has 0 bridgehead atoms. The minimum atomic E-state index is -0.852. The van der Waals surface area contributed by atoms with Gasteiger partial charge >= 0.3 is 5.97 Å². The lowest BCUT2D eigenvalue weighted by atomic mass is 10.1. The number of phenolic OH excluding ortho intramolecular Hbond substituents is 1. The minimum Gasteiger partial charge on any atom is -0.504 e. The highest BCUT2D eigenvalue weighted by Crippen LogP contribution is 2.26. The zero-order valence-electron chi connectivity index (χ0n) is 10.9. The topological polar surface area (TPSA) is 70.0 Å². The van der Waals surface area contributed by atoms with Gasteiger partial charge in [-0.05, 0) is 31.5 Å². The van der Waals surface area contributed by atoms with Crippen LogP contribution >= 0.6 is 0 Å². The third-order valence-corrected chi connectivity index (χ3v) is 2.70. The van der Waals surface area contributed by atoms with Crippen LogP contribution in [0.5, 0.6) is 11.5 Å². The molecule has 0 spiro atoms. The van der Waals surface area contributed by atoms with Crippen LogP contribution in [0.1, 0.15) is 19.4 Å². The molecule has 0 heterocycles. The Labute approximate surface area is 107 Å². The van der Waals surface area contributed by atoms with Crippen LogP contribution in [0.15, 0.2) is 18.2 Å². The third kappa shape index (κ3) is 3.92. The van der Waals surface area contributed by atoms with Crippen molar-refractivity contribution in [3.63, 3.8) is 0 Å². The molecule has 5 nitrogen and oxygen atoms in total. The molecule has 1 aromatic rings. The summed E-state index contributed by atoms with van der Waals surface area (Å²) in [6, 6.07) is 5.15. The molecule has 18 heavy (non-hydrogen) atoms. The number of aliphatic carboxylic acids is 1. The minimum absolute atomic E-state index is 0.0130. The monoisotopic (exact) mass is 253 g/mol. The zero-order valence-corrected chi connectivity index (χ0v) is 10.9. The molecular weight excluding hydrogens is 234 g/mol. The summed E-state index contributed by atoms with van der Waals surface area (Å²) in [7, 11) is 1.48. The number of ether oxygens (including phenoxy) is 1. The number of aromatic hydroxyl groups is 1. The van der Waals surface area contributed by atoms with Crippen LogP contribution in [-0.4, -0.2) is 40.8 Å². The molecule has 0 atom stereocenters. The molecule has 100 valence electrons. The maximum absolute atomic E-state index is 10.8. The van der Waals surface area contributed by atoms with Crippen LogP contribution in [-0.2, 0) is 11.3 Å². The van der Waals surface area contributed by atoms with Crippen LogP contribution in [0.3, 0.4) is 0 Å². The summed E-state index contributed by atoms with van der Waals surface area (Å²) in [5, 5.41) is 18.3. The fourth-order valence-electron chi connectivity index (χ4n) is 1.65. The largest absolute Gasteiger partial charge is 0.504 e. The van der Waals surface area contributed by atoms with Gasteiger partial charge in [0.05, 0.1) is 13.7 Å². The average Bonchev–Trinajstić information content (AvgIpc) is 2.29. The lowest BCUT2D eigenvalue weighted by Crippen LogP contribution is -2.35. The van der Waals surface area contributed by atoms with Crippen molar-refractivity contribution in [2.45, 2.75) is 26.4 Å². The van der Waals surface area contributed by atoms with Crippen LogP contribution < -0.4 is 4.74 Å². The fourth-order valence-corrected chi connectivity index (χ4v) is 1.65. The Morgan fingerprint density at radius 3 is 2.61 bits per heavy atom. The summed E-state index contributed by atoms with van der Waals surface area (Å²) in [5.41, 5.74) is 0.902. The van der Waals surface area contributed by atoms with Gasteiger partial charge in [0, 0.05) is 12.6 Å². The molecule has 0 aromatic heterocycles. The smallest absolute Gasteiger partial charge is 0.317 e. The number of nitrogens with zero attached hydrogens (tertiary/aromatic N) is 1. The Hall–Kier alpha value is -1.75. The number of methoxy groups -OCH3 is 1. The molecule has 0 fully saturated rings. The van der Waals surface area contributed by atoms with Gasteiger partial charge in [-0.15, -0.1) is 0 Å². The Morgan fingerprint density at radius 1 is 1.44 bits per heavy atom. The standard InChI is InChI=1S/C13H19NO4/c1-9(2)14(8-13(16)17)7-10-4-5-11(15)12(6-10)18-3/h4-6,9,15H,7-8H2,1-3H3,(H,16,17). The molecule has 0 saturated heterocycles. The lowest BCUT2D eigenvalue weighted by Gasteiger charge is -2.24. The molecule has 5 heteroatoms. The van der Waals surface area contributed by atoms with E-state index in [1.54, 1.807) is 18.2 Å². The van der Waals surface area contributed by atoms with E-state index in [2.05, 4.69) is 0 Å². The van der Waals surface area contributed by atoms with Crippen molar-refractivity contribution < 1.29 is 19.7 Å². The van der Waals surface area contributed by atoms with Crippen molar-refractivity contribution in [3.8, 4) is 11.5 Å². The van der Waals surface area contributed by atoms with E-state index in [1.807, 2.05) is 18.7 Å². The second kappa shape index (κ2) is 6.26. The Bertz CT molecular complexity index is 417. The highest BCUT2D eigenvalue weighted by molar-refractivity contribution is 5.69. The van der Waals surface area contributed by atoms with E-state index in [4.69, 9.17) is 9.84 Å². The molecule has 1 aromatic carbocycles. The maximum Gasteiger partial charge on any atom is 0.317 e. The third-order valence-electron chi connectivity index (χ3n) is 2.70. The first kappa shape index (κ1) is 14.3. The van der Waals surface area contributed by atoms with Gasteiger partial charge in [-0.3, -0.25) is 9.69 Å². The fraction of sp³-hybridized carbons (Fsp3) is 0.462. The van der Waals surface area contributed by atoms with Gasteiger partial charge in [-0.25, -0.2) is 0 Å². The number of carbonyl (C=O) groups is 1. The van der Waals surface area contributed by atoms with Gasteiger partial charge in [0.15, 0.2) is 11.5 Å². The van der Waals surface area contributed by atoms with Crippen molar-refractivity contribution in [1.29, 1.82) is 0 Å². The van der Waals surface area contributed by atoms with E-state index in [9.17, 15) is 9.90 Å². The Kier molecular flexibility index (Phi) is 4.97. The predicted octanol–water partition coefficient (Wildman–Crippen LogP) is 1.70. The van der Waals surface area contributed by atoms with Crippen molar-refractivity contribution >= 4 is 5.97 Å². The number of hydrogen-bond acceptors (Lipinski definition) is 4. The highest BCUT2D eigenvalue weighted by atomic mass is 16.5. The van der Waals surface area contributed by atoms with Crippen LogP contribution in [0.4, 0.5) is 0 Å². The van der Waals surface area contributed by atoms with Crippen LogP contribution in [0.2, 0.25) is 0 Å². The first-order valence-electron chi connectivity index (χ1n) is 5.75. The number of phenols is 1. The van der Waals surface area contributed by atoms with E-state index in [-0.39, 0.29) is 18.3 Å². The molecule has 2 N–H and O–H groups in total. The Balaban J connectivity index is 2.83. The molecule has 0 aliphatic heterocycles. The molecule has 0 aliphatic carbocycles. The van der Waals surface area contributed by atoms with Gasteiger partial charge in [-0.2, -0.15) is 0 Å². The first-order valence-corrected chi connectivity index (χ1v) is 5.75. The molecule has 0 amide bonds. The van der Waals surface area contributed by atoms with E-state index in [0.29, 0.717) is 12.3 Å². The van der Waals surface area contributed by atoms with Gasteiger partial charge in [-0.1, -0.05) is 6.07 Å². The van der Waals surface area contributed by atoms with Crippen molar-refractivity contribution in [2.24, 2.45) is 0 Å². The van der Waals surface area contributed by atoms with Gasteiger partial charge in [0.25, 0.3) is 0 Å². The predicted molar refractivity (Wildman–Crippen MR) is 67.8 cm³/mol. The van der Waals surface area contributed by atoms with Crippen molar-refractivity contribution in [2.75, 3.05) is 13.7 Å². The SMILES string of the molecule is COc1cc(CN(CC(=O)O)C(C)C)ccc1O. The maximum atomic E-state index is 10.8.